The van der Waals surface area contributed by atoms with E-state index in [-0.39, 0.29) is 6.61 Å². The molecule has 0 bridgehead atoms. The minimum absolute atomic E-state index is 0.263. The van der Waals surface area contributed by atoms with Crippen LogP contribution in [0.2, 0.25) is 0 Å². The first-order chi connectivity index (χ1) is 15.0. The predicted octanol–water partition coefficient (Wildman–Crippen LogP) is 2.77. The third kappa shape index (κ3) is 4.13. The molecule has 0 amide bonds. The van der Waals surface area contributed by atoms with Gasteiger partial charge in [-0.2, -0.15) is 0 Å². The van der Waals surface area contributed by atoms with Gasteiger partial charge in [-0.15, -0.1) is 0 Å². The second-order valence-electron chi connectivity index (χ2n) is 7.58. The van der Waals surface area contributed by atoms with E-state index in [4.69, 9.17) is 9.47 Å². The van der Waals surface area contributed by atoms with E-state index in [1.807, 2.05) is 91.0 Å². The quantitative estimate of drug-likeness (QED) is 0.531. The van der Waals surface area contributed by atoms with Gasteiger partial charge in [-0.05, 0) is 16.7 Å². The Bertz CT molecular complexity index is 857. The van der Waals surface area contributed by atoms with E-state index in [1.54, 1.807) is 0 Å². The van der Waals surface area contributed by atoms with E-state index < -0.39 is 36.4 Å². The molecule has 1 fully saturated rings. The lowest BCUT2D eigenvalue weighted by Gasteiger charge is -2.40. The highest BCUT2D eigenvalue weighted by Gasteiger charge is 2.46. The van der Waals surface area contributed by atoms with Gasteiger partial charge in [0.05, 0.1) is 6.61 Å². The Morgan fingerprint density at radius 3 is 1.55 bits per heavy atom. The summed E-state index contributed by atoms with van der Waals surface area (Å²) in [6, 6.07) is 28.7. The minimum Gasteiger partial charge on any atom is -0.387 e. The van der Waals surface area contributed by atoms with Crippen molar-refractivity contribution in [3.8, 4) is 0 Å². The van der Waals surface area contributed by atoms with Gasteiger partial charge in [-0.1, -0.05) is 91.0 Å². The van der Waals surface area contributed by atoms with Crippen molar-refractivity contribution in [2.45, 2.75) is 36.4 Å². The van der Waals surface area contributed by atoms with Crippen LogP contribution in [-0.2, 0) is 15.1 Å². The molecular formula is C25H25FO5. The summed E-state index contributed by atoms with van der Waals surface area (Å²) >= 11 is 0. The first-order valence-corrected chi connectivity index (χ1v) is 10.2. The van der Waals surface area contributed by atoms with E-state index in [1.165, 1.54) is 0 Å². The Labute approximate surface area is 180 Å². The Balaban J connectivity index is 1.78. The molecule has 0 aromatic heterocycles. The van der Waals surface area contributed by atoms with Crippen molar-refractivity contribution >= 4 is 0 Å². The molecule has 1 saturated heterocycles. The van der Waals surface area contributed by atoms with Gasteiger partial charge in [0.25, 0.3) is 0 Å². The molecule has 1 heterocycles. The molecule has 0 spiro atoms. The normalized spacial score (nSPS) is 26.5. The van der Waals surface area contributed by atoms with Crippen LogP contribution in [0.1, 0.15) is 16.7 Å². The van der Waals surface area contributed by atoms with E-state index >= 15 is 0 Å². The van der Waals surface area contributed by atoms with Gasteiger partial charge in [0.2, 0.25) is 0 Å². The second-order valence-corrected chi connectivity index (χ2v) is 7.58. The first-order valence-electron chi connectivity index (χ1n) is 10.2. The summed E-state index contributed by atoms with van der Waals surface area (Å²) < 4.78 is 26.4. The van der Waals surface area contributed by atoms with Crippen molar-refractivity contribution in [2.24, 2.45) is 0 Å². The first kappa shape index (κ1) is 21.6. The van der Waals surface area contributed by atoms with Crippen LogP contribution in [0.25, 0.3) is 0 Å². The van der Waals surface area contributed by atoms with Crippen LogP contribution in [0.15, 0.2) is 91.0 Å². The fourth-order valence-corrected chi connectivity index (χ4v) is 4.02. The van der Waals surface area contributed by atoms with Crippen molar-refractivity contribution in [3.63, 3.8) is 0 Å². The van der Waals surface area contributed by atoms with Gasteiger partial charge in [0, 0.05) is 0 Å². The number of hydrogen-bond acceptors (Lipinski definition) is 5. The lowest BCUT2D eigenvalue weighted by atomic mass is 9.80. The average Bonchev–Trinajstić information content (AvgIpc) is 2.83. The van der Waals surface area contributed by atoms with Gasteiger partial charge in [-0.3, -0.25) is 0 Å². The summed E-state index contributed by atoms with van der Waals surface area (Å²) in [5, 5.41) is 29.5. The van der Waals surface area contributed by atoms with Gasteiger partial charge >= 0.3 is 0 Å². The van der Waals surface area contributed by atoms with Gasteiger partial charge in [0.15, 0.2) is 12.5 Å². The highest BCUT2D eigenvalue weighted by molar-refractivity contribution is 5.47. The number of aliphatic hydroxyl groups excluding tert-OH is 3. The number of aliphatic hydroxyl groups is 3. The molecule has 3 N–H and O–H groups in total. The van der Waals surface area contributed by atoms with Gasteiger partial charge in [-0.25, -0.2) is 4.39 Å². The van der Waals surface area contributed by atoms with Gasteiger partial charge < -0.3 is 24.8 Å². The lowest BCUT2D eigenvalue weighted by molar-refractivity contribution is -0.280. The highest BCUT2D eigenvalue weighted by Crippen LogP contribution is 2.41. The minimum atomic E-state index is -1.92. The number of benzene rings is 3. The number of halogens is 1. The Morgan fingerprint density at radius 2 is 1.13 bits per heavy atom. The van der Waals surface area contributed by atoms with Crippen molar-refractivity contribution in [1.82, 2.24) is 0 Å². The van der Waals surface area contributed by atoms with Crippen LogP contribution in [0.4, 0.5) is 4.39 Å². The van der Waals surface area contributed by atoms with Crippen LogP contribution in [0, 0.1) is 0 Å². The molecule has 0 unspecified atom stereocenters. The molecule has 0 aliphatic carbocycles. The summed E-state index contributed by atoms with van der Waals surface area (Å²) in [5.74, 6) is 0. The summed E-state index contributed by atoms with van der Waals surface area (Å²) in [6.45, 7) is -0.263. The Hall–Kier alpha value is -2.61. The molecule has 1 aliphatic rings. The van der Waals surface area contributed by atoms with Crippen LogP contribution in [0.3, 0.4) is 0 Å². The third-order valence-corrected chi connectivity index (χ3v) is 5.64. The van der Waals surface area contributed by atoms with Crippen molar-refractivity contribution in [3.05, 3.63) is 108 Å². The van der Waals surface area contributed by atoms with E-state index in [2.05, 4.69) is 0 Å². The van der Waals surface area contributed by atoms with Crippen molar-refractivity contribution in [2.75, 3.05) is 6.61 Å². The molecule has 3 aromatic rings. The molecule has 1 aliphatic heterocycles. The SMILES string of the molecule is O[C@@H]1[C@H](O)[C@@H](O)O[C@H](COC(c2ccccc2)(c2ccccc2)c2ccccc2)[C@@H]1F. The van der Waals surface area contributed by atoms with Crippen molar-refractivity contribution in [1.29, 1.82) is 0 Å². The van der Waals surface area contributed by atoms with Crippen LogP contribution in [-0.4, -0.2) is 52.7 Å². The summed E-state index contributed by atoms with van der Waals surface area (Å²) in [5.41, 5.74) is 1.41. The molecule has 5 atom stereocenters. The molecular weight excluding hydrogens is 399 g/mol. The lowest BCUT2D eigenvalue weighted by Crippen LogP contribution is -2.57. The fraction of sp³-hybridized carbons (Fsp3) is 0.280. The molecule has 6 heteroatoms. The molecule has 3 aromatic carbocycles. The van der Waals surface area contributed by atoms with Crippen LogP contribution < -0.4 is 0 Å². The standard InChI is InChI=1S/C25H25FO5/c26-21-20(31-24(29)23(28)22(21)27)16-30-25(17-10-4-1-5-11-17,18-12-6-2-7-13-18)19-14-8-3-9-15-19/h1-15,20-24,27-29H,16H2/t20-,21+,22+,23+,24+/m1/s1. The number of alkyl halides is 1. The third-order valence-electron chi connectivity index (χ3n) is 5.64. The maximum atomic E-state index is 14.7. The number of rotatable bonds is 6. The molecule has 31 heavy (non-hydrogen) atoms. The second kappa shape index (κ2) is 9.26. The molecule has 4 rings (SSSR count). The fourth-order valence-electron chi connectivity index (χ4n) is 4.02. The molecule has 0 saturated carbocycles. The molecule has 162 valence electrons. The monoisotopic (exact) mass is 424 g/mol. The zero-order chi connectivity index (χ0) is 21.8. The van der Waals surface area contributed by atoms with E-state index in [0.717, 1.165) is 16.7 Å². The molecule has 5 nitrogen and oxygen atoms in total. The van der Waals surface area contributed by atoms with Gasteiger partial charge in [0.1, 0.15) is 23.9 Å². The summed E-state index contributed by atoms with van der Waals surface area (Å²) in [6.07, 6.45) is -8.36. The molecule has 0 radical (unpaired) electrons. The van der Waals surface area contributed by atoms with E-state index in [0.29, 0.717) is 0 Å². The van der Waals surface area contributed by atoms with Crippen LogP contribution in [0.5, 0.6) is 0 Å². The summed E-state index contributed by atoms with van der Waals surface area (Å²) in [4.78, 5) is 0. The highest BCUT2D eigenvalue weighted by atomic mass is 19.1. The smallest absolute Gasteiger partial charge is 0.184 e. The summed E-state index contributed by atoms with van der Waals surface area (Å²) in [7, 11) is 0. The van der Waals surface area contributed by atoms with E-state index in [9.17, 15) is 19.7 Å². The largest absolute Gasteiger partial charge is 0.387 e. The number of ether oxygens (including phenoxy) is 2. The zero-order valence-corrected chi connectivity index (χ0v) is 16.8. The maximum Gasteiger partial charge on any atom is 0.184 e. The predicted molar refractivity (Wildman–Crippen MR) is 113 cm³/mol. The zero-order valence-electron chi connectivity index (χ0n) is 16.8. The van der Waals surface area contributed by atoms with Crippen LogP contribution >= 0.6 is 0 Å². The Morgan fingerprint density at radius 1 is 0.710 bits per heavy atom. The van der Waals surface area contributed by atoms with Crippen molar-refractivity contribution < 1.29 is 29.2 Å². The number of hydrogen-bond donors (Lipinski definition) is 3. The Kier molecular flexibility index (Phi) is 6.46. The maximum absolute atomic E-state index is 14.7. The topological polar surface area (TPSA) is 79.2 Å². The average molecular weight is 424 g/mol.